The molecule has 10 heteroatoms. The summed E-state index contributed by atoms with van der Waals surface area (Å²) in [6, 6.07) is -0.324. The van der Waals surface area contributed by atoms with E-state index in [1.165, 1.54) is 5.57 Å². The third-order valence-corrected chi connectivity index (χ3v) is 15.4. The SMILES string of the molecule is CC(C)[C@@H](C)[C@@]1(C)CC[C@]2(C)[C@H]3CC[C@H]4C5(C)COC[C@@]4(C[C@@H](n4nnc(N)n4)[C@@H]5OC[C@H](N)C(C)(C)C)C3=CC[C@@]2(C)[C@@H]1C(=O)O. The average Bonchev–Trinajstić information content (AvgIpc) is 3.41. The molecule has 5 aliphatic rings. The number of fused-ring (bicyclic) bond motifs is 3. The van der Waals surface area contributed by atoms with Crippen molar-refractivity contribution in [3.63, 3.8) is 0 Å². The number of carboxylic acid groups (broad SMARTS) is 1. The average molecular weight is 655 g/mol. The predicted octanol–water partition coefficient (Wildman–Crippen LogP) is 6.14. The van der Waals surface area contributed by atoms with Crippen LogP contribution in [0.5, 0.6) is 0 Å². The van der Waals surface area contributed by atoms with Crippen molar-refractivity contribution in [2.24, 2.45) is 67.8 Å². The van der Waals surface area contributed by atoms with Crippen molar-refractivity contribution in [1.82, 2.24) is 20.2 Å². The van der Waals surface area contributed by atoms with E-state index >= 15 is 0 Å². The molecule has 10 nitrogen and oxygen atoms in total. The summed E-state index contributed by atoms with van der Waals surface area (Å²) < 4.78 is 13.5. The number of hydrogen-bond acceptors (Lipinski definition) is 8. The molecule has 3 saturated carbocycles. The van der Waals surface area contributed by atoms with E-state index in [9.17, 15) is 9.90 Å². The maximum Gasteiger partial charge on any atom is 0.307 e. The molecular weight excluding hydrogens is 592 g/mol. The minimum absolute atomic E-state index is 0.0995. The second kappa shape index (κ2) is 11.2. The van der Waals surface area contributed by atoms with Gasteiger partial charge in [0, 0.05) is 16.9 Å². The monoisotopic (exact) mass is 654 g/mol. The van der Waals surface area contributed by atoms with Crippen molar-refractivity contribution in [2.75, 3.05) is 25.6 Å². The zero-order valence-corrected chi connectivity index (χ0v) is 30.7. The molecule has 1 unspecified atom stereocenters. The van der Waals surface area contributed by atoms with E-state index in [1.807, 2.05) is 0 Å². The van der Waals surface area contributed by atoms with E-state index in [0.717, 1.165) is 38.5 Å². The molecule has 0 radical (unpaired) electrons. The minimum Gasteiger partial charge on any atom is -0.481 e. The number of carboxylic acids is 1. The van der Waals surface area contributed by atoms with Gasteiger partial charge in [-0.1, -0.05) is 86.0 Å². The molecule has 6 rings (SSSR count). The second-order valence-corrected chi connectivity index (χ2v) is 18.8. The Morgan fingerprint density at radius 1 is 1.13 bits per heavy atom. The van der Waals surface area contributed by atoms with E-state index in [4.69, 9.17) is 20.9 Å². The first-order valence-corrected chi connectivity index (χ1v) is 18.2. The number of aromatic nitrogens is 4. The molecule has 4 fully saturated rings. The summed E-state index contributed by atoms with van der Waals surface area (Å²) in [7, 11) is 0. The van der Waals surface area contributed by atoms with Crippen LogP contribution >= 0.6 is 0 Å². The van der Waals surface area contributed by atoms with Crippen molar-refractivity contribution in [3.8, 4) is 0 Å². The highest BCUT2D eigenvalue weighted by molar-refractivity contribution is 5.73. The number of anilines is 1. The Kier molecular flexibility index (Phi) is 8.32. The molecule has 264 valence electrons. The third kappa shape index (κ3) is 4.88. The van der Waals surface area contributed by atoms with Gasteiger partial charge in [0.1, 0.15) is 6.04 Å². The van der Waals surface area contributed by atoms with Crippen LogP contribution in [0.1, 0.15) is 114 Å². The molecule has 0 spiro atoms. The summed E-state index contributed by atoms with van der Waals surface area (Å²) >= 11 is 0. The zero-order valence-electron chi connectivity index (χ0n) is 30.7. The molecule has 1 aromatic rings. The summed E-state index contributed by atoms with van der Waals surface area (Å²) in [5, 5.41) is 24.1. The number of ether oxygens (including phenoxy) is 2. The normalized spacial score (nSPS) is 44.5. The Morgan fingerprint density at radius 3 is 2.43 bits per heavy atom. The molecule has 47 heavy (non-hydrogen) atoms. The molecule has 4 aliphatic carbocycles. The van der Waals surface area contributed by atoms with Crippen LogP contribution in [0, 0.1) is 62.1 Å². The van der Waals surface area contributed by atoms with Crippen molar-refractivity contribution in [3.05, 3.63) is 11.6 Å². The molecule has 0 amide bonds. The van der Waals surface area contributed by atoms with Crippen LogP contribution in [0.3, 0.4) is 0 Å². The van der Waals surface area contributed by atoms with Gasteiger partial charge in [-0.25, -0.2) is 0 Å². The van der Waals surface area contributed by atoms with E-state index in [-0.39, 0.29) is 62.5 Å². The van der Waals surface area contributed by atoms with Crippen molar-refractivity contribution in [2.45, 2.75) is 126 Å². The van der Waals surface area contributed by atoms with E-state index in [0.29, 0.717) is 37.6 Å². The number of nitrogens with two attached hydrogens (primary N) is 2. The zero-order chi connectivity index (χ0) is 34.5. The van der Waals surface area contributed by atoms with Gasteiger partial charge >= 0.3 is 5.97 Å². The number of rotatable bonds is 7. The molecule has 0 aromatic carbocycles. The Balaban J connectivity index is 1.44. The standard InChI is InChI=1S/C37H62N6O4/c1-21(2)22(3)33(7)15-16-35(9)23-11-12-26-34(8)19-46-20-37(26,24(23)13-14-36(35,10)28(33)30(44)45)17-25(43-41-31(39)40-42-43)29(34)47-18-27(38)32(4,5)6/h13,21-23,25-29H,11-12,14-20,38H2,1-10H3,(H2,39,41)(H,44,45)/t22-,23+,25-,26+,27+,28-,29+,33-,34?,35-,36+,37+/m1/s1. The van der Waals surface area contributed by atoms with Crippen molar-refractivity contribution in [1.29, 1.82) is 0 Å². The first-order valence-electron chi connectivity index (χ1n) is 18.2. The minimum atomic E-state index is -0.633. The molecular formula is C37H62N6O4. The van der Waals surface area contributed by atoms with E-state index in [1.54, 1.807) is 4.80 Å². The Hall–Kier alpha value is -2.04. The fraction of sp³-hybridized carbons (Fsp3) is 0.892. The molecule has 2 bridgehead atoms. The van der Waals surface area contributed by atoms with Gasteiger partial charge in [0.2, 0.25) is 0 Å². The summed E-state index contributed by atoms with van der Waals surface area (Å²) in [6.45, 7) is 24.2. The summed E-state index contributed by atoms with van der Waals surface area (Å²) in [6.07, 6.45) is 7.84. The molecule has 1 saturated heterocycles. The lowest BCUT2D eigenvalue weighted by molar-refractivity contribution is -0.252. The van der Waals surface area contributed by atoms with Crippen molar-refractivity contribution >= 4 is 11.9 Å². The second-order valence-electron chi connectivity index (χ2n) is 18.8. The number of carbonyl (C=O) groups is 1. The van der Waals surface area contributed by atoms with Crippen LogP contribution in [0.4, 0.5) is 5.95 Å². The van der Waals surface area contributed by atoms with Crippen LogP contribution in [-0.4, -0.2) is 63.2 Å². The third-order valence-electron chi connectivity index (χ3n) is 15.4. The first kappa shape index (κ1) is 34.8. The number of nitrogen functional groups attached to an aromatic ring is 1. The lowest BCUT2D eigenvalue weighted by atomic mass is 9.34. The highest BCUT2D eigenvalue weighted by atomic mass is 16.5. The molecule has 1 aromatic heterocycles. The number of nitrogens with zero attached hydrogens (tertiary/aromatic N) is 4. The summed E-state index contributed by atoms with van der Waals surface area (Å²) in [5.41, 5.74) is 12.7. The Bertz CT molecular complexity index is 1410. The van der Waals surface area contributed by atoms with Gasteiger partial charge < -0.3 is 26.0 Å². The Labute approximate surface area is 282 Å². The molecule has 12 atom stereocenters. The molecule has 2 heterocycles. The Morgan fingerprint density at radius 2 is 1.83 bits per heavy atom. The van der Waals surface area contributed by atoms with E-state index in [2.05, 4.69) is 90.7 Å². The largest absolute Gasteiger partial charge is 0.481 e. The van der Waals surface area contributed by atoms with Gasteiger partial charge in [-0.05, 0) is 89.1 Å². The number of tetrazole rings is 1. The maximum atomic E-state index is 13.4. The summed E-state index contributed by atoms with van der Waals surface area (Å²) in [4.78, 5) is 15.1. The highest BCUT2D eigenvalue weighted by Gasteiger charge is 2.72. The number of allylic oxidation sites excluding steroid dienone is 1. The molecule has 5 N–H and O–H groups in total. The van der Waals surface area contributed by atoms with Crippen LogP contribution < -0.4 is 11.5 Å². The number of aliphatic carboxylic acids is 1. The van der Waals surface area contributed by atoms with Crippen LogP contribution in [0.25, 0.3) is 0 Å². The lowest BCUT2D eigenvalue weighted by Crippen LogP contribution is -2.69. The van der Waals surface area contributed by atoms with Gasteiger partial charge in [-0.2, -0.15) is 4.80 Å². The topological polar surface area (TPSA) is 151 Å². The van der Waals surface area contributed by atoms with Gasteiger partial charge in [0.05, 0.1) is 31.8 Å². The van der Waals surface area contributed by atoms with Crippen LogP contribution in [0.2, 0.25) is 0 Å². The van der Waals surface area contributed by atoms with Gasteiger partial charge in [-0.15, -0.1) is 5.10 Å². The quantitative estimate of drug-likeness (QED) is 0.294. The van der Waals surface area contributed by atoms with Gasteiger partial charge in [-0.3, -0.25) is 4.79 Å². The van der Waals surface area contributed by atoms with Crippen molar-refractivity contribution < 1.29 is 19.4 Å². The maximum absolute atomic E-state index is 13.4. The number of hydrogen-bond donors (Lipinski definition) is 3. The van der Waals surface area contributed by atoms with Crippen LogP contribution in [-0.2, 0) is 14.3 Å². The summed E-state index contributed by atoms with van der Waals surface area (Å²) in [5.74, 6) is 0.459. The lowest BCUT2D eigenvalue weighted by Gasteiger charge is -2.71. The fourth-order valence-corrected chi connectivity index (χ4v) is 11.9. The van der Waals surface area contributed by atoms with Gasteiger partial charge in [0.25, 0.3) is 5.95 Å². The smallest absolute Gasteiger partial charge is 0.307 e. The van der Waals surface area contributed by atoms with Gasteiger partial charge in [0.15, 0.2) is 0 Å². The van der Waals surface area contributed by atoms with E-state index < -0.39 is 11.9 Å². The fourth-order valence-electron chi connectivity index (χ4n) is 11.9. The predicted molar refractivity (Wildman–Crippen MR) is 182 cm³/mol. The molecule has 1 aliphatic heterocycles. The first-order chi connectivity index (χ1) is 21.8. The highest BCUT2D eigenvalue weighted by Crippen LogP contribution is 2.75. The van der Waals surface area contributed by atoms with Crippen LogP contribution in [0.15, 0.2) is 11.6 Å².